The number of nitrogens with two attached hydrogens (primary N) is 1. The molecule has 2 fully saturated rings. The highest BCUT2D eigenvalue weighted by Gasteiger charge is 2.24. The van der Waals surface area contributed by atoms with E-state index in [9.17, 15) is 0 Å². The summed E-state index contributed by atoms with van der Waals surface area (Å²) in [6.07, 6.45) is 8.16. The highest BCUT2D eigenvalue weighted by atomic mass is 32.2. The van der Waals surface area contributed by atoms with Gasteiger partial charge in [-0.05, 0) is 48.5 Å². The number of thioether (sulfide) groups is 1. The van der Waals surface area contributed by atoms with Gasteiger partial charge in [0.1, 0.15) is 0 Å². The van der Waals surface area contributed by atoms with Crippen LogP contribution in [0.25, 0.3) is 0 Å². The van der Waals surface area contributed by atoms with Crippen LogP contribution in [0.4, 0.5) is 0 Å². The summed E-state index contributed by atoms with van der Waals surface area (Å²) < 4.78 is 0. The minimum atomic E-state index is 0.232. The Morgan fingerprint density at radius 2 is 2.00 bits per heavy atom. The van der Waals surface area contributed by atoms with Crippen molar-refractivity contribution in [2.45, 2.75) is 55.7 Å². The Kier molecular flexibility index (Phi) is 3.95. The van der Waals surface area contributed by atoms with Crippen molar-refractivity contribution < 1.29 is 0 Å². The molecule has 0 bridgehead atoms. The maximum Gasteiger partial charge on any atom is 0.0415 e. The molecule has 1 saturated heterocycles. The predicted molar refractivity (Wildman–Crippen MR) is 80.1 cm³/mol. The van der Waals surface area contributed by atoms with Gasteiger partial charge in [-0.25, -0.2) is 0 Å². The highest BCUT2D eigenvalue weighted by molar-refractivity contribution is 8.00. The lowest BCUT2D eigenvalue weighted by atomic mass is 9.79. The van der Waals surface area contributed by atoms with Crippen LogP contribution in [-0.2, 0) is 0 Å². The molecule has 2 heteroatoms. The molecular formula is C16H23NS. The molecule has 1 heterocycles. The summed E-state index contributed by atoms with van der Waals surface area (Å²) in [6.45, 7) is 0. The van der Waals surface area contributed by atoms with Crippen molar-refractivity contribution in [1.29, 1.82) is 0 Å². The van der Waals surface area contributed by atoms with Crippen molar-refractivity contribution in [2.75, 3.05) is 5.75 Å². The van der Waals surface area contributed by atoms with Crippen molar-refractivity contribution in [3.05, 3.63) is 35.4 Å². The molecule has 2 unspecified atom stereocenters. The van der Waals surface area contributed by atoms with E-state index < -0.39 is 0 Å². The Bertz CT molecular complexity index is 394. The van der Waals surface area contributed by atoms with E-state index in [4.69, 9.17) is 5.73 Å². The van der Waals surface area contributed by atoms with E-state index in [-0.39, 0.29) is 6.04 Å². The Balaban J connectivity index is 1.73. The summed E-state index contributed by atoms with van der Waals surface area (Å²) in [6, 6.07) is 9.33. The maximum atomic E-state index is 6.48. The van der Waals surface area contributed by atoms with Crippen LogP contribution in [0.5, 0.6) is 0 Å². The van der Waals surface area contributed by atoms with Gasteiger partial charge in [0.2, 0.25) is 0 Å². The standard InChI is InChI=1S/C16H23NS/c17-16(15-9-1-2-10-18-15)14-8-4-7-13(11-14)12-5-3-6-12/h4,7-8,11-12,15-16H,1-3,5-6,9-10,17H2. The molecule has 1 saturated carbocycles. The van der Waals surface area contributed by atoms with Crippen molar-refractivity contribution in [2.24, 2.45) is 5.73 Å². The second kappa shape index (κ2) is 5.66. The van der Waals surface area contributed by atoms with Gasteiger partial charge in [0.25, 0.3) is 0 Å². The summed E-state index contributed by atoms with van der Waals surface area (Å²) in [5, 5.41) is 0.635. The molecule has 1 aromatic carbocycles. The van der Waals surface area contributed by atoms with E-state index in [1.807, 2.05) is 0 Å². The van der Waals surface area contributed by atoms with Crippen LogP contribution >= 0.6 is 11.8 Å². The van der Waals surface area contributed by atoms with Crippen LogP contribution in [0.15, 0.2) is 24.3 Å². The average Bonchev–Trinajstić information content (AvgIpc) is 2.37. The van der Waals surface area contributed by atoms with Gasteiger partial charge >= 0.3 is 0 Å². The van der Waals surface area contributed by atoms with Gasteiger partial charge in [-0.15, -0.1) is 0 Å². The van der Waals surface area contributed by atoms with Crippen LogP contribution in [0.3, 0.4) is 0 Å². The van der Waals surface area contributed by atoms with Crippen molar-refractivity contribution >= 4 is 11.8 Å². The topological polar surface area (TPSA) is 26.0 Å². The minimum absolute atomic E-state index is 0.232. The predicted octanol–water partition coefficient (Wildman–Crippen LogP) is 4.24. The molecule has 2 atom stereocenters. The zero-order chi connectivity index (χ0) is 12.4. The highest BCUT2D eigenvalue weighted by Crippen LogP contribution is 2.38. The Morgan fingerprint density at radius 3 is 2.67 bits per heavy atom. The molecule has 1 aromatic rings. The quantitative estimate of drug-likeness (QED) is 0.880. The SMILES string of the molecule is NC(c1cccc(C2CCC2)c1)C1CCCCS1. The van der Waals surface area contributed by atoms with Gasteiger partial charge in [0, 0.05) is 11.3 Å². The smallest absolute Gasteiger partial charge is 0.0415 e. The molecule has 2 aliphatic rings. The van der Waals surface area contributed by atoms with E-state index >= 15 is 0 Å². The fraction of sp³-hybridized carbons (Fsp3) is 0.625. The minimum Gasteiger partial charge on any atom is -0.323 e. The first kappa shape index (κ1) is 12.6. The maximum absolute atomic E-state index is 6.48. The number of hydrogen-bond acceptors (Lipinski definition) is 2. The fourth-order valence-corrected chi connectivity index (χ4v) is 4.40. The molecule has 0 radical (unpaired) electrons. The van der Waals surface area contributed by atoms with Crippen molar-refractivity contribution in [3.8, 4) is 0 Å². The van der Waals surface area contributed by atoms with Gasteiger partial charge in [0.05, 0.1) is 0 Å². The van der Waals surface area contributed by atoms with Gasteiger partial charge in [-0.1, -0.05) is 37.1 Å². The number of benzene rings is 1. The normalized spacial score (nSPS) is 26.6. The summed E-state index contributed by atoms with van der Waals surface area (Å²) in [5.41, 5.74) is 9.36. The van der Waals surface area contributed by atoms with E-state index in [1.54, 1.807) is 0 Å². The summed E-state index contributed by atoms with van der Waals surface area (Å²) in [7, 11) is 0. The lowest BCUT2D eigenvalue weighted by molar-refractivity contribution is 0.419. The van der Waals surface area contributed by atoms with Gasteiger partial charge in [-0.2, -0.15) is 11.8 Å². The first-order chi connectivity index (χ1) is 8.84. The summed E-state index contributed by atoms with van der Waals surface area (Å²) in [4.78, 5) is 0. The Hall–Kier alpha value is -0.470. The van der Waals surface area contributed by atoms with Gasteiger partial charge < -0.3 is 5.73 Å². The molecule has 3 rings (SSSR count). The third-order valence-electron chi connectivity index (χ3n) is 4.49. The molecule has 0 amide bonds. The molecule has 98 valence electrons. The lowest BCUT2D eigenvalue weighted by Crippen LogP contribution is -2.26. The van der Waals surface area contributed by atoms with E-state index in [2.05, 4.69) is 36.0 Å². The third kappa shape index (κ3) is 2.60. The zero-order valence-corrected chi connectivity index (χ0v) is 11.8. The molecule has 0 spiro atoms. The van der Waals surface area contributed by atoms with Gasteiger partial charge in [0.15, 0.2) is 0 Å². The van der Waals surface area contributed by atoms with Crippen molar-refractivity contribution in [3.63, 3.8) is 0 Å². The molecule has 18 heavy (non-hydrogen) atoms. The van der Waals surface area contributed by atoms with Crippen LogP contribution in [0.2, 0.25) is 0 Å². The zero-order valence-electron chi connectivity index (χ0n) is 11.0. The van der Waals surface area contributed by atoms with E-state index in [0.717, 1.165) is 5.92 Å². The number of rotatable bonds is 3. The Labute approximate surface area is 115 Å². The first-order valence-corrected chi connectivity index (χ1v) is 8.36. The van der Waals surface area contributed by atoms with Crippen LogP contribution in [0.1, 0.15) is 61.6 Å². The third-order valence-corrected chi connectivity index (χ3v) is 5.97. The second-order valence-electron chi connectivity index (χ2n) is 5.73. The second-order valence-corrected chi connectivity index (χ2v) is 7.08. The van der Waals surface area contributed by atoms with Crippen LogP contribution < -0.4 is 5.73 Å². The molecule has 1 nitrogen and oxygen atoms in total. The van der Waals surface area contributed by atoms with E-state index in [0.29, 0.717) is 5.25 Å². The monoisotopic (exact) mass is 261 g/mol. The first-order valence-electron chi connectivity index (χ1n) is 7.31. The molecular weight excluding hydrogens is 238 g/mol. The average molecular weight is 261 g/mol. The molecule has 0 aromatic heterocycles. The molecule has 2 N–H and O–H groups in total. The molecule has 1 aliphatic carbocycles. The molecule has 1 aliphatic heterocycles. The van der Waals surface area contributed by atoms with Crippen molar-refractivity contribution in [1.82, 2.24) is 0 Å². The fourth-order valence-electron chi connectivity index (χ4n) is 3.03. The van der Waals surface area contributed by atoms with Crippen LogP contribution in [0, 0.1) is 0 Å². The number of hydrogen-bond donors (Lipinski definition) is 1. The largest absolute Gasteiger partial charge is 0.323 e. The summed E-state index contributed by atoms with van der Waals surface area (Å²) in [5.74, 6) is 2.11. The summed E-state index contributed by atoms with van der Waals surface area (Å²) >= 11 is 2.08. The Morgan fingerprint density at radius 1 is 1.11 bits per heavy atom. The lowest BCUT2D eigenvalue weighted by Gasteiger charge is -2.29. The van der Waals surface area contributed by atoms with E-state index in [1.165, 1.54) is 55.4 Å². The van der Waals surface area contributed by atoms with Gasteiger partial charge in [-0.3, -0.25) is 0 Å². The van der Waals surface area contributed by atoms with Crippen LogP contribution in [-0.4, -0.2) is 11.0 Å².